The van der Waals surface area contributed by atoms with Gasteiger partial charge in [-0.1, -0.05) is 23.2 Å². The summed E-state index contributed by atoms with van der Waals surface area (Å²) in [6.07, 6.45) is 0. The maximum absolute atomic E-state index is 11.9. The Balaban J connectivity index is 2.19. The molecule has 0 fully saturated rings. The van der Waals surface area contributed by atoms with Gasteiger partial charge in [0.2, 0.25) is 0 Å². The van der Waals surface area contributed by atoms with Crippen LogP contribution in [0.4, 0.5) is 5.69 Å². The first-order valence-electron chi connectivity index (χ1n) is 5.13. The van der Waals surface area contributed by atoms with Crippen molar-refractivity contribution in [1.29, 1.82) is 0 Å². The van der Waals surface area contributed by atoms with Gasteiger partial charge < -0.3 is 15.2 Å². The van der Waals surface area contributed by atoms with Gasteiger partial charge >= 0.3 is 0 Å². The van der Waals surface area contributed by atoms with E-state index in [1.54, 1.807) is 11.4 Å². The molecule has 0 bridgehead atoms. The van der Waals surface area contributed by atoms with Crippen LogP contribution in [-0.4, -0.2) is 18.1 Å². The zero-order chi connectivity index (χ0) is 14.0. The monoisotopic (exact) mass is 317 g/mol. The first-order chi connectivity index (χ1) is 9.01. The predicted octanol–water partition coefficient (Wildman–Crippen LogP) is 4.02. The number of benzene rings is 1. The van der Waals surface area contributed by atoms with E-state index < -0.39 is 0 Å². The summed E-state index contributed by atoms with van der Waals surface area (Å²) < 4.78 is 5.00. The minimum absolute atomic E-state index is 0.0755. The van der Waals surface area contributed by atoms with Crippen LogP contribution >= 0.6 is 34.5 Å². The topological polar surface area (TPSA) is 58.6 Å². The first kappa shape index (κ1) is 14.0. The maximum Gasteiger partial charge on any atom is 0.265 e. The third-order valence-corrected chi connectivity index (χ3v) is 3.79. The second-order valence-electron chi connectivity index (χ2n) is 3.59. The quantitative estimate of drug-likeness (QED) is 0.840. The van der Waals surface area contributed by atoms with Gasteiger partial charge in [-0.3, -0.25) is 4.79 Å². The van der Waals surface area contributed by atoms with Crippen LogP contribution in [0.15, 0.2) is 23.6 Å². The average Bonchev–Trinajstić information content (AvgIpc) is 2.84. The summed E-state index contributed by atoms with van der Waals surface area (Å²) in [5, 5.41) is 13.9. The number of methoxy groups -OCH3 is 1. The molecule has 0 radical (unpaired) electrons. The van der Waals surface area contributed by atoms with Crippen LogP contribution in [0.1, 0.15) is 9.67 Å². The van der Waals surface area contributed by atoms with E-state index >= 15 is 0 Å². The normalized spacial score (nSPS) is 10.3. The van der Waals surface area contributed by atoms with Crippen LogP contribution in [0.25, 0.3) is 0 Å². The number of halogens is 2. The number of hydrogen-bond acceptors (Lipinski definition) is 4. The summed E-state index contributed by atoms with van der Waals surface area (Å²) in [5.41, 5.74) is 0.408. The van der Waals surface area contributed by atoms with Gasteiger partial charge in [0.1, 0.15) is 5.75 Å². The van der Waals surface area contributed by atoms with Gasteiger partial charge in [-0.25, -0.2) is 0 Å². The Hall–Kier alpha value is -1.43. The maximum atomic E-state index is 11.9. The van der Waals surface area contributed by atoms with E-state index in [1.807, 2.05) is 0 Å². The molecule has 0 aliphatic heterocycles. The molecule has 2 rings (SSSR count). The van der Waals surface area contributed by atoms with Crippen molar-refractivity contribution in [3.63, 3.8) is 0 Å². The van der Waals surface area contributed by atoms with Crippen molar-refractivity contribution in [2.24, 2.45) is 0 Å². The number of anilines is 1. The fourth-order valence-electron chi connectivity index (χ4n) is 1.38. The number of ether oxygens (including phenoxy) is 1. The van der Waals surface area contributed by atoms with Crippen molar-refractivity contribution >= 4 is 46.1 Å². The number of amides is 1. The van der Waals surface area contributed by atoms with Crippen LogP contribution in [-0.2, 0) is 0 Å². The molecule has 1 aromatic heterocycles. The highest BCUT2D eigenvalue weighted by Crippen LogP contribution is 2.35. The van der Waals surface area contributed by atoms with Gasteiger partial charge in [-0.05, 0) is 12.1 Å². The van der Waals surface area contributed by atoms with E-state index in [9.17, 15) is 9.90 Å². The average molecular weight is 318 g/mol. The van der Waals surface area contributed by atoms with E-state index in [1.165, 1.54) is 30.6 Å². The minimum Gasteiger partial charge on any atom is -0.505 e. The lowest BCUT2D eigenvalue weighted by atomic mass is 10.3. The second-order valence-corrected chi connectivity index (χ2v) is 5.32. The molecule has 0 saturated heterocycles. The molecule has 100 valence electrons. The van der Waals surface area contributed by atoms with Gasteiger partial charge in [-0.15, -0.1) is 11.3 Å². The lowest BCUT2D eigenvalue weighted by Crippen LogP contribution is -2.10. The first-order valence-corrected chi connectivity index (χ1v) is 6.76. The van der Waals surface area contributed by atoms with Crippen molar-refractivity contribution in [3.05, 3.63) is 38.5 Å². The van der Waals surface area contributed by atoms with Gasteiger partial charge in [-0.2, -0.15) is 0 Å². The van der Waals surface area contributed by atoms with Crippen molar-refractivity contribution < 1.29 is 14.6 Å². The standard InChI is InChI=1S/C12H9Cl2NO3S/c1-18-7-4-10(19-5-7)12(17)15-6-2-8(13)11(16)9(14)3-6/h2-5,16H,1H3,(H,15,17). The molecular weight excluding hydrogens is 309 g/mol. The second kappa shape index (κ2) is 5.69. The Bertz CT molecular complexity index is 604. The molecule has 0 unspecified atom stereocenters. The van der Waals surface area contributed by atoms with E-state index in [-0.39, 0.29) is 21.7 Å². The largest absolute Gasteiger partial charge is 0.505 e. The van der Waals surface area contributed by atoms with E-state index in [2.05, 4.69) is 5.32 Å². The Morgan fingerprint density at radius 1 is 1.32 bits per heavy atom. The Labute approximate surface area is 123 Å². The number of rotatable bonds is 3. The number of nitrogens with one attached hydrogen (secondary N) is 1. The fourth-order valence-corrected chi connectivity index (χ4v) is 2.61. The number of phenolic OH excluding ortho intramolecular Hbond substituents is 1. The fraction of sp³-hybridized carbons (Fsp3) is 0.0833. The Morgan fingerprint density at radius 3 is 2.47 bits per heavy atom. The van der Waals surface area contributed by atoms with Gasteiger partial charge in [0, 0.05) is 17.1 Å². The SMILES string of the molecule is COc1csc(C(=O)Nc2cc(Cl)c(O)c(Cl)c2)c1. The summed E-state index contributed by atoms with van der Waals surface area (Å²) in [4.78, 5) is 12.4. The number of carbonyl (C=O) groups is 1. The third kappa shape index (κ3) is 3.12. The summed E-state index contributed by atoms with van der Waals surface area (Å²) in [5.74, 6) is 0.113. The molecule has 0 spiro atoms. The number of thiophene rings is 1. The molecule has 1 heterocycles. The van der Waals surface area contributed by atoms with Crippen molar-refractivity contribution in [2.45, 2.75) is 0 Å². The molecule has 1 aromatic carbocycles. The van der Waals surface area contributed by atoms with Crippen LogP contribution in [0.5, 0.6) is 11.5 Å². The van der Waals surface area contributed by atoms with E-state index in [4.69, 9.17) is 27.9 Å². The number of phenols is 1. The molecular formula is C12H9Cl2NO3S. The molecule has 2 N–H and O–H groups in total. The van der Waals surface area contributed by atoms with Crippen LogP contribution in [0, 0.1) is 0 Å². The molecule has 0 saturated carbocycles. The highest BCUT2D eigenvalue weighted by atomic mass is 35.5. The molecule has 7 heteroatoms. The van der Waals surface area contributed by atoms with Gasteiger partial charge in [0.05, 0.1) is 22.0 Å². The van der Waals surface area contributed by atoms with Crippen molar-refractivity contribution in [3.8, 4) is 11.5 Å². The summed E-state index contributed by atoms with van der Waals surface area (Å²) >= 11 is 12.8. The smallest absolute Gasteiger partial charge is 0.265 e. The summed E-state index contributed by atoms with van der Waals surface area (Å²) in [6, 6.07) is 4.47. The minimum atomic E-state index is -0.300. The highest BCUT2D eigenvalue weighted by molar-refractivity contribution is 7.12. The number of carbonyl (C=O) groups excluding carboxylic acids is 1. The van der Waals surface area contributed by atoms with Crippen LogP contribution in [0.3, 0.4) is 0 Å². The predicted molar refractivity (Wildman–Crippen MR) is 77.0 cm³/mol. The van der Waals surface area contributed by atoms with Crippen LogP contribution < -0.4 is 10.1 Å². The zero-order valence-electron chi connectivity index (χ0n) is 9.74. The molecule has 4 nitrogen and oxygen atoms in total. The zero-order valence-corrected chi connectivity index (χ0v) is 12.1. The van der Waals surface area contributed by atoms with Crippen molar-refractivity contribution in [2.75, 3.05) is 12.4 Å². The Morgan fingerprint density at radius 2 is 1.95 bits per heavy atom. The molecule has 1 amide bonds. The number of hydrogen-bond donors (Lipinski definition) is 2. The molecule has 0 atom stereocenters. The van der Waals surface area contributed by atoms with E-state index in [0.717, 1.165) is 0 Å². The lowest BCUT2D eigenvalue weighted by Gasteiger charge is -2.06. The molecule has 0 aliphatic rings. The molecule has 19 heavy (non-hydrogen) atoms. The third-order valence-electron chi connectivity index (χ3n) is 2.31. The van der Waals surface area contributed by atoms with Gasteiger partial charge in [0.25, 0.3) is 5.91 Å². The summed E-state index contributed by atoms with van der Waals surface area (Å²) in [7, 11) is 1.53. The van der Waals surface area contributed by atoms with Crippen molar-refractivity contribution in [1.82, 2.24) is 0 Å². The molecule has 0 aliphatic carbocycles. The summed E-state index contributed by atoms with van der Waals surface area (Å²) in [6.45, 7) is 0. The van der Waals surface area contributed by atoms with E-state index in [0.29, 0.717) is 16.3 Å². The lowest BCUT2D eigenvalue weighted by molar-refractivity contribution is 0.103. The van der Waals surface area contributed by atoms with Crippen LogP contribution in [0.2, 0.25) is 10.0 Å². The molecule has 2 aromatic rings. The Kier molecular flexibility index (Phi) is 4.19. The number of aromatic hydroxyl groups is 1. The highest BCUT2D eigenvalue weighted by Gasteiger charge is 2.12. The van der Waals surface area contributed by atoms with Gasteiger partial charge in [0.15, 0.2) is 5.75 Å².